The van der Waals surface area contributed by atoms with Crippen LogP contribution in [0.5, 0.6) is 0 Å². The maximum atomic E-state index is 9.62. The van der Waals surface area contributed by atoms with Crippen molar-refractivity contribution in [1.29, 1.82) is 10.5 Å². The normalized spacial score (nSPS) is 11.2. The van der Waals surface area contributed by atoms with E-state index in [9.17, 15) is 10.5 Å². The molecule has 0 saturated heterocycles. The fraction of sp³-hybridized carbons (Fsp3) is 0. The number of rotatable bonds is 6. The molecule has 0 amide bonds. The Kier molecular flexibility index (Phi) is 7.74. The summed E-state index contributed by atoms with van der Waals surface area (Å²) in [4.78, 5) is 4.59. The molecule has 55 heavy (non-hydrogen) atoms. The Morgan fingerprint density at radius 2 is 0.836 bits per heavy atom. The molecule has 9 aromatic carbocycles. The van der Waals surface area contributed by atoms with Gasteiger partial charge in [0.25, 0.3) is 0 Å². The minimum atomic E-state index is 0.626. The van der Waals surface area contributed by atoms with Crippen molar-refractivity contribution in [3.05, 3.63) is 193 Å². The number of nitrogens with zero attached hydrogens (tertiary/aromatic N) is 4. The van der Waals surface area contributed by atoms with Gasteiger partial charge in [-0.2, -0.15) is 10.5 Å². The molecule has 0 aliphatic rings. The SMILES string of the molecule is N#Cc1ccc(N(c2ccc3ccccc3c2)c2ccc3c(c2)sc2cc(N(c4ccc(C#N)cc4)c4ccc5ccccc5c4)c4ccccc4c23)cc1. The second kappa shape index (κ2) is 13.2. The Morgan fingerprint density at radius 3 is 1.44 bits per heavy atom. The predicted octanol–water partition coefficient (Wildman–Crippen LogP) is 14.2. The minimum Gasteiger partial charge on any atom is -0.310 e. The highest BCUT2D eigenvalue weighted by Gasteiger charge is 2.21. The second-order valence-corrected chi connectivity index (χ2v) is 14.7. The summed E-state index contributed by atoms with van der Waals surface area (Å²) in [6.07, 6.45) is 0. The zero-order valence-corrected chi connectivity index (χ0v) is 30.3. The van der Waals surface area contributed by atoms with Gasteiger partial charge in [-0.05, 0) is 118 Å². The zero-order chi connectivity index (χ0) is 36.9. The molecule has 10 aromatic rings. The fourth-order valence-electron chi connectivity index (χ4n) is 7.81. The number of hydrogen-bond donors (Lipinski definition) is 0. The summed E-state index contributed by atoms with van der Waals surface area (Å²) >= 11 is 1.80. The summed E-state index contributed by atoms with van der Waals surface area (Å²) in [6, 6.07) is 68.0. The topological polar surface area (TPSA) is 54.1 Å². The molecule has 4 nitrogen and oxygen atoms in total. The molecule has 10 rings (SSSR count). The molecule has 1 aromatic heterocycles. The maximum Gasteiger partial charge on any atom is 0.0991 e. The Morgan fingerprint density at radius 1 is 0.364 bits per heavy atom. The first-order chi connectivity index (χ1) is 27.1. The van der Waals surface area contributed by atoms with Gasteiger partial charge >= 0.3 is 0 Å². The number of thiophene rings is 1. The van der Waals surface area contributed by atoms with E-state index < -0.39 is 0 Å². The van der Waals surface area contributed by atoms with Crippen molar-refractivity contribution >= 4 is 98.0 Å². The third kappa shape index (κ3) is 5.59. The fourth-order valence-corrected chi connectivity index (χ4v) is 9.00. The largest absolute Gasteiger partial charge is 0.310 e. The molecule has 0 atom stereocenters. The van der Waals surface area contributed by atoms with Crippen molar-refractivity contribution in [2.24, 2.45) is 0 Å². The third-order valence-electron chi connectivity index (χ3n) is 10.4. The highest BCUT2D eigenvalue weighted by atomic mass is 32.1. The van der Waals surface area contributed by atoms with E-state index in [1.807, 2.05) is 48.5 Å². The van der Waals surface area contributed by atoms with Crippen LogP contribution in [0, 0.1) is 22.7 Å². The van der Waals surface area contributed by atoms with E-state index in [-0.39, 0.29) is 0 Å². The average molecular weight is 719 g/mol. The molecule has 0 N–H and O–H groups in total. The standard InChI is InChI=1S/C50H30N4S/c51-31-33-13-19-39(20-14-33)53(41-23-17-35-7-1-3-9-37(35)27-41)43-25-26-46-48(29-43)55-49-30-47(44-11-5-6-12-45(44)50(46)49)54(40-21-15-34(32-52)16-22-40)42-24-18-36-8-2-4-10-38(36)28-42/h1-30H. The van der Waals surface area contributed by atoms with Gasteiger partial charge in [-0.3, -0.25) is 0 Å². The first-order valence-electron chi connectivity index (χ1n) is 18.1. The number of nitriles is 2. The van der Waals surface area contributed by atoms with E-state index in [0.717, 1.165) is 44.9 Å². The van der Waals surface area contributed by atoms with Crippen molar-refractivity contribution in [2.75, 3.05) is 9.80 Å². The molecule has 0 aliphatic heterocycles. The molecule has 5 heteroatoms. The quantitative estimate of drug-likeness (QED) is 0.172. The van der Waals surface area contributed by atoms with Crippen molar-refractivity contribution in [3.63, 3.8) is 0 Å². The van der Waals surface area contributed by atoms with E-state index in [4.69, 9.17) is 0 Å². The van der Waals surface area contributed by atoms with Crippen molar-refractivity contribution in [2.45, 2.75) is 0 Å². The van der Waals surface area contributed by atoms with Gasteiger partial charge in [0.15, 0.2) is 0 Å². The lowest BCUT2D eigenvalue weighted by molar-refractivity contribution is 1.29. The van der Waals surface area contributed by atoms with Crippen LogP contribution in [-0.4, -0.2) is 0 Å². The first kappa shape index (κ1) is 32.2. The predicted molar refractivity (Wildman–Crippen MR) is 231 cm³/mol. The lowest BCUT2D eigenvalue weighted by atomic mass is 10.00. The Bertz CT molecular complexity index is 3180. The van der Waals surface area contributed by atoms with Crippen LogP contribution in [0.1, 0.15) is 11.1 Å². The molecule has 0 spiro atoms. The maximum absolute atomic E-state index is 9.62. The van der Waals surface area contributed by atoms with Crippen LogP contribution >= 0.6 is 11.3 Å². The molecule has 0 bridgehead atoms. The lowest BCUT2D eigenvalue weighted by Gasteiger charge is -2.27. The zero-order valence-electron chi connectivity index (χ0n) is 29.5. The lowest BCUT2D eigenvalue weighted by Crippen LogP contribution is -2.10. The number of benzene rings is 9. The minimum absolute atomic E-state index is 0.626. The van der Waals surface area contributed by atoms with Gasteiger partial charge in [0.1, 0.15) is 0 Å². The van der Waals surface area contributed by atoms with Crippen LogP contribution in [0.2, 0.25) is 0 Å². The Balaban J connectivity index is 1.18. The van der Waals surface area contributed by atoms with Gasteiger partial charge in [0.05, 0.1) is 29.0 Å². The van der Waals surface area contributed by atoms with Gasteiger partial charge in [-0.1, -0.05) is 91.0 Å². The number of anilines is 6. The second-order valence-electron chi connectivity index (χ2n) is 13.6. The van der Waals surface area contributed by atoms with E-state index in [2.05, 4.69) is 155 Å². The Labute approximate surface area is 322 Å². The first-order valence-corrected chi connectivity index (χ1v) is 18.9. The summed E-state index contributed by atoms with van der Waals surface area (Å²) in [5.41, 5.74) is 7.43. The van der Waals surface area contributed by atoms with Gasteiger partial charge < -0.3 is 9.80 Å². The van der Waals surface area contributed by atoms with Crippen LogP contribution in [0.3, 0.4) is 0 Å². The molecule has 0 fully saturated rings. The molecular formula is C50H30N4S. The highest BCUT2D eigenvalue weighted by Crippen LogP contribution is 2.48. The third-order valence-corrected chi connectivity index (χ3v) is 11.5. The van der Waals surface area contributed by atoms with Gasteiger partial charge in [0.2, 0.25) is 0 Å². The molecule has 0 unspecified atom stereocenters. The van der Waals surface area contributed by atoms with Crippen LogP contribution in [0.15, 0.2) is 182 Å². The molecular weight excluding hydrogens is 689 g/mol. The smallest absolute Gasteiger partial charge is 0.0991 e. The van der Waals surface area contributed by atoms with E-state index in [1.165, 1.54) is 41.7 Å². The Hall–Kier alpha value is -7.44. The summed E-state index contributed by atoms with van der Waals surface area (Å²) in [7, 11) is 0. The van der Waals surface area contributed by atoms with Gasteiger partial charge in [-0.25, -0.2) is 0 Å². The summed E-state index contributed by atoms with van der Waals surface area (Å²) in [6.45, 7) is 0. The number of fused-ring (bicyclic) bond motifs is 7. The van der Waals surface area contributed by atoms with E-state index in [1.54, 1.807) is 11.3 Å². The van der Waals surface area contributed by atoms with Gasteiger partial charge in [0, 0.05) is 54.0 Å². The van der Waals surface area contributed by atoms with Gasteiger partial charge in [-0.15, -0.1) is 11.3 Å². The molecule has 0 saturated carbocycles. The summed E-state index contributed by atoms with van der Waals surface area (Å²) in [5, 5.41) is 28.6. The molecule has 0 radical (unpaired) electrons. The number of hydrogen-bond acceptors (Lipinski definition) is 5. The van der Waals surface area contributed by atoms with Crippen molar-refractivity contribution in [3.8, 4) is 12.1 Å². The highest BCUT2D eigenvalue weighted by molar-refractivity contribution is 7.26. The molecule has 1 heterocycles. The van der Waals surface area contributed by atoms with E-state index >= 15 is 0 Å². The van der Waals surface area contributed by atoms with Crippen molar-refractivity contribution < 1.29 is 0 Å². The van der Waals surface area contributed by atoms with Crippen LogP contribution < -0.4 is 9.80 Å². The van der Waals surface area contributed by atoms with Crippen LogP contribution in [-0.2, 0) is 0 Å². The molecule has 0 aliphatic carbocycles. The van der Waals surface area contributed by atoms with Crippen molar-refractivity contribution in [1.82, 2.24) is 0 Å². The summed E-state index contributed by atoms with van der Waals surface area (Å²) in [5.74, 6) is 0. The van der Waals surface area contributed by atoms with Crippen LogP contribution in [0.25, 0.3) is 52.5 Å². The monoisotopic (exact) mass is 718 g/mol. The molecule has 256 valence electrons. The summed E-state index contributed by atoms with van der Waals surface area (Å²) < 4.78 is 2.38. The van der Waals surface area contributed by atoms with E-state index in [0.29, 0.717) is 11.1 Å². The average Bonchev–Trinajstić information content (AvgIpc) is 3.62. The van der Waals surface area contributed by atoms with Crippen LogP contribution in [0.4, 0.5) is 34.1 Å².